The largest absolute Gasteiger partial charge is 0.419 e. The first-order valence-electron chi connectivity index (χ1n) is 8.81. The summed E-state index contributed by atoms with van der Waals surface area (Å²) >= 11 is 5.96. The summed E-state index contributed by atoms with van der Waals surface area (Å²) in [5, 5.41) is 8.54. The minimum atomic E-state index is -3.64. The van der Waals surface area contributed by atoms with Crippen LogP contribution in [0.1, 0.15) is 30.3 Å². The molecule has 0 radical (unpaired) electrons. The van der Waals surface area contributed by atoms with Gasteiger partial charge in [-0.25, -0.2) is 13.4 Å². The molecule has 1 aromatic carbocycles. The van der Waals surface area contributed by atoms with Crippen LogP contribution in [0.5, 0.6) is 0 Å². The molecule has 0 N–H and O–H groups in total. The molecule has 3 aromatic rings. The molecule has 10 heteroatoms. The first-order valence-corrected chi connectivity index (χ1v) is 10.6. The maximum absolute atomic E-state index is 13.0. The molecule has 146 valence electrons. The Morgan fingerprint density at radius 3 is 2.82 bits per heavy atom. The number of piperidine rings is 1. The van der Waals surface area contributed by atoms with E-state index >= 15 is 0 Å². The fourth-order valence-electron chi connectivity index (χ4n) is 3.14. The van der Waals surface area contributed by atoms with Gasteiger partial charge in [-0.15, -0.1) is 10.2 Å². The molecular weight excluding hydrogens is 402 g/mol. The van der Waals surface area contributed by atoms with Crippen LogP contribution in [-0.4, -0.2) is 46.0 Å². The predicted molar refractivity (Wildman–Crippen MR) is 102 cm³/mol. The summed E-state index contributed by atoms with van der Waals surface area (Å²) in [7, 11) is -3.64. The Kier molecular flexibility index (Phi) is 5.13. The second-order valence-corrected chi connectivity index (χ2v) is 9.02. The van der Waals surface area contributed by atoms with Crippen molar-refractivity contribution >= 4 is 21.6 Å². The molecule has 1 saturated heterocycles. The third-order valence-corrected chi connectivity index (χ3v) is 6.70. The lowest BCUT2D eigenvalue weighted by Gasteiger charge is -2.30. The molecule has 3 heterocycles. The van der Waals surface area contributed by atoms with Crippen molar-refractivity contribution in [2.75, 3.05) is 13.1 Å². The maximum atomic E-state index is 13.0. The number of aryl methyl sites for hydroxylation is 1. The van der Waals surface area contributed by atoms with Crippen LogP contribution in [-0.2, 0) is 10.0 Å². The van der Waals surface area contributed by atoms with Crippen molar-refractivity contribution in [1.29, 1.82) is 0 Å². The van der Waals surface area contributed by atoms with Crippen molar-refractivity contribution < 1.29 is 12.8 Å². The van der Waals surface area contributed by atoms with Gasteiger partial charge in [0.05, 0.1) is 22.7 Å². The molecule has 0 bridgehead atoms. The van der Waals surface area contributed by atoms with E-state index < -0.39 is 10.0 Å². The van der Waals surface area contributed by atoms with E-state index in [1.165, 1.54) is 10.4 Å². The Morgan fingerprint density at radius 1 is 1.21 bits per heavy atom. The van der Waals surface area contributed by atoms with Gasteiger partial charge < -0.3 is 4.42 Å². The highest BCUT2D eigenvalue weighted by molar-refractivity contribution is 7.89. The molecular formula is C18H18ClN5O3S. The van der Waals surface area contributed by atoms with Gasteiger partial charge in [-0.2, -0.15) is 4.31 Å². The van der Waals surface area contributed by atoms with E-state index in [4.69, 9.17) is 16.0 Å². The van der Waals surface area contributed by atoms with Crippen LogP contribution in [0.2, 0.25) is 5.02 Å². The van der Waals surface area contributed by atoms with Gasteiger partial charge in [0.1, 0.15) is 5.69 Å². The van der Waals surface area contributed by atoms with E-state index in [2.05, 4.69) is 20.2 Å². The lowest BCUT2D eigenvalue weighted by atomic mass is 10.00. The van der Waals surface area contributed by atoms with Gasteiger partial charge in [0.15, 0.2) is 0 Å². The van der Waals surface area contributed by atoms with Crippen molar-refractivity contribution in [1.82, 2.24) is 24.5 Å². The van der Waals surface area contributed by atoms with E-state index in [0.717, 1.165) is 12.1 Å². The first-order chi connectivity index (χ1) is 13.4. The van der Waals surface area contributed by atoms with Gasteiger partial charge in [-0.1, -0.05) is 17.7 Å². The van der Waals surface area contributed by atoms with E-state index in [1.807, 2.05) is 6.92 Å². The number of benzene rings is 1. The highest BCUT2D eigenvalue weighted by Gasteiger charge is 2.33. The van der Waals surface area contributed by atoms with Gasteiger partial charge in [0.2, 0.25) is 15.9 Å². The predicted octanol–water partition coefficient (Wildman–Crippen LogP) is 3.06. The summed E-state index contributed by atoms with van der Waals surface area (Å²) in [5.41, 5.74) is 1.28. The first kappa shape index (κ1) is 19.0. The third kappa shape index (κ3) is 3.78. The molecule has 1 fully saturated rings. The standard InChI is InChI=1S/C18H18ClN5O3S/c1-12-9-21-16(10-20-12)18-23-22-17(27-18)13-4-3-7-24(11-13)28(25,26)15-6-2-5-14(19)8-15/h2,5-6,8-10,13H,3-4,7,11H2,1H3. The van der Waals surface area contributed by atoms with Crippen molar-refractivity contribution in [3.8, 4) is 11.6 Å². The summed E-state index contributed by atoms with van der Waals surface area (Å²) in [6, 6.07) is 6.28. The molecule has 1 atom stereocenters. The molecule has 0 aliphatic carbocycles. The van der Waals surface area contributed by atoms with Crippen molar-refractivity contribution in [3.63, 3.8) is 0 Å². The maximum Gasteiger partial charge on any atom is 0.267 e. The monoisotopic (exact) mass is 419 g/mol. The normalized spacial score (nSPS) is 18.3. The van der Waals surface area contributed by atoms with Crippen LogP contribution < -0.4 is 0 Å². The number of sulfonamides is 1. The highest BCUT2D eigenvalue weighted by atomic mass is 35.5. The van der Waals surface area contributed by atoms with E-state index in [1.54, 1.807) is 30.6 Å². The number of rotatable bonds is 4. The Hall–Kier alpha value is -2.36. The summed E-state index contributed by atoms with van der Waals surface area (Å²) in [5.74, 6) is 0.503. The SMILES string of the molecule is Cc1cnc(-c2nnc(C3CCCN(S(=O)(=O)c4cccc(Cl)c4)C3)o2)cn1. The summed E-state index contributed by atoms with van der Waals surface area (Å²) < 4.78 is 33.1. The third-order valence-electron chi connectivity index (χ3n) is 4.61. The molecule has 1 unspecified atom stereocenters. The molecule has 8 nitrogen and oxygen atoms in total. The Labute approximate surface area is 167 Å². The van der Waals surface area contributed by atoms with Crippen molar-refractivity contribution in [2.45, 2.75) is 30.6 Å². The average Bonchev–Trinajstić information content (AvgIpc) is 3.19. The van der Waals surface area contributed by atoms with Gasteiger partial charge in [-0.05, 0) is 38.0 Å². The second kappa shape index (κ2) is 7.57. The van der Waals surface area contributed by atoms with Gasteiger partial charge in [-0.3, -0.25) is 4.98 Å². The molecule has 4 rings (SSSR count). The fraction of sp³-hybridized carbons (Fsp3) is 0.333. The van der Waals surface area contributed by atoms with E-state index in [9.17, 15) is 8.42 Å². The quantitative estimate of drug-likeness (QED) is 0.640. The van der Waals surface area contributed by atoms with Gasteiger partial charge >= 0.3 is 0 Å². The molecule has 0 amide bonds. The Balaban J connectivity index is 1.55. The molecule has 2 aromatic heterocycles. The number of hydrogen-bond donors (Lipinski definition) is 0. The highest BCUT2D eigenvalue weighted by Crippen LogP contribution is 2.31. The summed E-state index contributed by atoms with van der Waals surface area (Å²) in [4.78, 5) is 8.59. The number of aromatic nitrogens is 4. The smallest absolute Gasteiger partial charge is 0.267 e. The topological polar surface area (TPSA) is 102 Å². The zero-order valence-electron chi connectivity index (χ0n) is 15.1. The van der Waals surface area contributed by atoms with Crippen LogP contribution >= 0.6 is 11.6 Å². The molecule has 1 aliphatic heterocycles. The van der Waals surface area contributed by atoms with Gasteiger partial charge in [0, 0.05) is 24.3 Å². The van der Waals surface area contributed by atoms with Crippen LogP contribution in [0.4, 0.5) is 0 Å². The Morgan fingerprint density at radius 2 is 2.07 bits per heavy atom. The van der Waals surface area contributed by atoms with Crippen molar-refractivity contribution in [2.24, 2.45) is 0 Å². The van der Waals surface area contributed by atoms with Crippen LogP contribution in [0.15, 0.2) is 46.0 Å². The lowest BCUT2D eigenvalue weighted by molar-refractivity contribution is 0.286. The number of nitrogens with zero attached hydrogens (tertiary/aromatic N) is 5. The minimum Gasteiger partial charge on any atom is -0.419 e. The van der Waals surface area contributed by atoms with Gasteiger partial charge in [0.25, 0.3) is 5.89 Å². The molecule has 0 spiro atoms. The molecule has 28 heavy (non-hydrogen) atoms. The molecule has 1 aliphatic rings. The average molecular weight is 420 g/mol. The van der Waals surface area contributed by atoms with Crippen LogP contribution in [0.3, 0.4) is 0 Å². The minimum absolute atomic E-state index is 0.178. The second-order valence-electron chi connectivity index (χ2n) is 6.65. The zero-order chi connectivity index (χ0) is 19.7. The lowest BCUT2D eigenvalue weighted by Crippen LogP contribution is -2.39. The van der Waals surface area contributed by atoms with E-state index in [-0.39, 0.29) is 23.2 Å². The van der Waals surface area contributed by atoms with Crippen LogP contribution in [0, 0.1) is 6.92 Å². The zero-order valence-corrected chi connectivity index (χ0v) is 16.7. The number of halogens is 1. The summed E-state index contributed by atoms with van der Waals surface area (Å²) in [6.07, 6.45) is 4.66. The number of hydrogen-bond acceptors (Lipinski definition) is 7. The Bertz CT molecular complexity index is 1080. The summed E-state index contributed by atoms with van der Waals surface area (Å²) in [6.45, 7) is 2.55. The van der Waals surface area contributed by atoms with Crippen molar-refractivity contribution in [3.05, 3.63) is 53.3 Å². The fourth-order valence-corrected chi connectivity index (χ4v) is 4.97. The molecule has 0 saturated carbocycles. The van der Waals surface area contributed by atoms with Crippen LogP contribution in [0.25, 0.3) is 11.6 Å². The van der Waals surface area contributed by atoms with E-state index in [0.29, 0.717) is 29.6 Å².